The van der Waals surface area contributed by atoms with Crippen LogP contribution in [0.1, 0.15) is 30.3 Å². The lowest BCUT2D eigenvalue weighted by Gasteiger charge is -2.15. The molecular weight excluding hydrogens is 350 g/mol. The van der Waals surface area contributed by atoms with Crippen LogP contribution in [0.15, 0.2) is 15.9 Å². The van der Waals surface area contributed by atoms with Gasteiger partial charge < -0.3 is 14.8 Å². The number of hydrogen-bond acceptors (Lipinski definition) is 3. The Morgan fingerprint density at radius 3 is 2.90 bits per heavy atom. The van der Waals surface area contributed by atoms with Crippen LogP contribution in [0.4, 0.5) is 0 Å². The molecule has 1 saturated heterocycles. The summed E-state index contributed by atoms with van der Waals surface area (Å²) in [5, 5.41) is 5.13. The van der Waals surface area contributed by atoms with Gasteiger partial charge in [0.1, 0.15) is 5.69 Å². The number of amides is 1. The van der Waals surface area contributed by atoms with Crippen LogP contribution in [0.25, 0.3) is 10.2 Å². The summed E-state index contributed by atoms with van der Waals surface area (Å²) in [6, 6.07) is 2.00. The molecule has 6 heteroatoms. The Morgan fingerprint density at radius 1 is 1.43 bits per heavy atom. The maximum absolute atomic E-state index is 12.4. The first-order chi connectivity index (χ1) is 10.2. The predicted octanol–water partition coefficient (Wildman–Crippen LogP) is 3.31. The van der Waals surface area contributed by atoms with Gasteiger partial charge in [0.05, 0.1) is 14.7 Å². The monoisotopic (exact) mass is 369 g/mol. The van der Waals surface area contributed by atoms with Crippen molar-refractivity contribution in [1.82, 2.24) is 14.8 Å². The standard InChI is InChI=1S/C15H20BrN3OS/c1-2-19-12(9-13-14(19)11(16)10-21-13)15(20)17-5-8-18-6-3-4-7-18/h9-10H,2-8H2,1H3,(H,17,20). The number of halogens is 1. The van der Waals surface area contributed by atoms with E-state index in [9.17, 15) is 4.79 Å². The van der Waals surface area contributed by atoms with Crippen molar-refractivity contribution in [2.75, 3.05) is 26.2 Å². The van der Waals surface area contributed by atoms with E-state index < -0.39 is 0 Å². The molecule has 0 unspecified atom stereocenters. The molecule has 0 aliphatic carbocycles. The highest BCUT2D eigenvalue weighted by atomic mass is 79.9. The summed E-state index contributed by atoms with van der Waals surface area (Å²) in [4.78, 5) is 14.8. The lowest BCUT2D eigenvalue weighted by atomic mass is 10.4. The van der Waals surface area contributed by atoms with Crippen molar-refractivity contribution in [2.24, 2.45) is 0 Å². The molecule has 3 rings (SSSR count). The minimum Gasteiger partial charge on any atom is -0.349 e. The minimum atomic E-state index is 0.0337. The molecule has 1 aliphatic rings. The molecule has 1 aliphatic heterocycles. The third-order valence-corrected chi connectivity index (χ3v) is 5.86. The van der Waals surface area contributed by atoms with Crippen LogP contribution in [0.5, 0.6) is 0 Å². The summed E-state index contributed by atoms with van der Waals surface area (Å²) >= 11 is 5.24. The van der Waals surface area contributed by atoms with Gasteiger partial charge in [-0.15, -0.1) is 11.3 Å². The average Bonchev–Trinajstić information content (AvgIpc) is 3.17. The molecule has 2 aromatic heterocycles. The van der Waals surface area contributed by atoms with Crippen LogP contribution in [-0.4, -0.2) is 41.6 Å². The van der Waals surface area contributed by atoms with Crippen LogP contribution >= 0.6 is 27.3 Å². The van der Waals surface area contributed by atoms with Gasteiger partial charge in [0.25, 0.3) is 5.91 Å². The number of thiophene rings is 1. The lowest BCUT2D eigenvalue weighted by Crippen LogP contribution is -2.34. The molecule has 114 valence electrons. The first-order valence-corrected chi connectivity index (χ1v) is 9.14. The molecule has 1 fully saturated rings. The largest absolute Gasteiger partial charge is 0.349 e. The molecule has 4 nitrogen and oxygen atoms in total. The molecular formula is C15H20BrN3OS. The predicted molar refractivity (Wildman–Crippen MR) is 91.2 cm³/mol. The van der Waals surface area contributed by atoms with E-state index in [1.54, 1.807) is 11.3 Å². The fourth-order valence-corrected chi connectivity index (χ4v) is 4.67. The van der Waals surface area contributed by atoms with Gasteiger partial charge in [-0.3, -0.25) is 4.79 Å². The fraction of sp³-hybridized carbons (Fsp3) is 0.533. The smallest absolute Gasteiger partial charge is 0.268 e. The van der Waals surface area contributed by atoms with E-state index in [1.807, 2.05) is 6.07 Å². The van der Waals surface area contributed by atoms with Gasteiger partial charge in [0.15, 0.2) is 0 Å². The summed E-state index contributed by atoms with van der Waals surface area (Å²) in [7, 11) is 0. The van der Waals surface area contributed by atoms with Crippen LogP contribution in [0.3, 0.4) is 0 Å². The van der Waals surface area contributed by atoms with E-state index in [1.165, 1.54) is 25.9 Å². The average molecular weight is 370 g/mol. The Bertz CT molecular complexity index is 643. The van der Waals surface area contributed by atoms with Crippen LogP contribution in [0, 0.1) is 0 Å². The molecule has 0 spiro atoms. The number of nitrogens with one attached hydrogen (secondary N) is 1. The van der Waals surface area contributed by atoms with Crippen molar-refractivity contribution in [3.8, 4) is 0 Å². The van der Waals surface area contributed by atoms with Crippen LogP contribution < -0.4 is 5.32 Å². The summed E-state index contributed by atoms with van der Waals surface area (Å²) < 4.78 is 4.31. The number of aromatic nitrogens is 1. The Hall–Kier alpha value is -0.850. The van der Waals surface area contributed by atoms with Gasteiger partial charge in [0, 0.05) is 25.0 Å². The van der Waals surface area contributed by atoms with Crippen molar-refractivity contribution in [3.05, 3.63) is 21.6 Å². The van der Waals surface area contributed by atoms with Crippen molar-refractivity contribution >= 4 is 43.4 Å². The summed E-state index contributed by atoms with van der Waals surface area (Å²) in [6.45, 7) is 6.89. The third-order valence-electron chi connectivity index (χ3n) is 4.04. The molecule has 21 heavy (non-hydrogen) atoms. The van der Waals surface area contributed by atoms with E-state index in [2.05, 4.69) is 43.0 Å². The van der Waals surface area contributed by atoms with E-state index in [0.29, 0.717) is 0 Å². The molecule has 3 heterocycles. The minimum absolute atomic E-state index is 0.0337. The molecule has 2 aromatic rings. The highest BCUT2D eigenvalue weighted by Crippen LogP contribution is 2.33. The van der Waals surface area contributed by atoms with Crippen LogP contribution in [0.2, 0.25) is 0 Å². The quantitative estimate of drug-likeness (QED) is 0.877. The second kappa shape index (κ2) is 6.50. The zero-order chi connectivity index (χ0) is 14.8. The van der Waals surface area contributed by atoms with E-state index in [-0.39, 0.29) is 5.91 Å². The Labute approximate surface area is 137 Å². The second-order valence-corrected chi connectivity index (χ2v) is 7.14. The van der Waals surface area contributed by atoms with Gasteiger partial charge in [0.2, 0.25) is 0 Å². The highest BCUT2D eigenvalue weighted by molar-refractivity contribution is 9.10. The van der Waals surface area contributed by atoms with Crippen molar-refractivity contribution < 1.29 is 4.79 Å². The third kappa shape index (κ3) is 3.03. The number of hydrogen-bond donors (Lipinski definition) is 1. The highest BCUT2D eigenvalue weighted by Gasteiger charge is 2.18. The fourth-order valence-electron chi connectivity index (χ4n) is 2.97. The van der Waals surface area contributed by atoms with Gasteiger partial charge in [-0.1, -0.05) is 0 Å². The van der Waals surface area contributed by atoms with Gasteiger partial charge >= 0.3 is 0 Å². The lowest BCUT2D eigenvalue weighted by molar-refractivity contribution is 0.0941. The number of aryl methyl sites for hydroxylation is 1. The zero-order valence-electron chi connectivity index (χ0n) is 12.2. The Balaban J connectivity index is 1.69. The van der Waals surface area contributed by atoms with Crippen molar-refractivity contribution in [1.29, 1.82) is 0 Å². The number of likely N-dealkylation sites (tertiary alicyclic amines) is 1. The molecule has 1 amide bonds. The van der Waals surface area contributed by atoms with E-state index in [4.69, 9.17) is 0 Å². The van der Waals surface area contributed by atoms with Gasteiger partial charge in [-0.2, -0.15) is 0 Å². The van der Waals surface area contributed by atoms with Crippen molar-refractivity contribution in [3.63, 3.8) is 0 Å². The van der Waals surface area contributed by atoms with Crippen LogP contribution in [-0.2, 0) is 6.54 Å². The summed E-state index contributed by atoms with van der Waals surface area (Å²) in [5.74, 6) is 0.0337. The SMILES string of the molecule is CCn1c(C(=O)NCCN2CCCC2)cc2scc(Br)c21. The topological polar surface area (TPSA) is 37.3 Å². The van der Waals surface area contributed by atoms with Gasteiger partial charge in [-0.25, -0.2) is 0 Å². The number of nitrogens with zero attached hydrogens (tertiary/aromatic N) is 2. The summed E-state index contributed by atoms with van der Waals surface area (Å²) in [5.41, 5.74) is 1.90. The zero-order valence-corrected chi connectivity index (χ0v) is 14.6. The van der Waals surface area contributed by atoms with E-state index >= 15 is 0 Å². The van der Waals surface area contributed by atoms with Crippen molar-refractivity contribution in [2.45, 2.75) is 26.3 Å². The molecule has 0 aromatic carbocycles. The number of carbonyl (C=O) groups excluding carboxylic acids is 1. The number of fused-ring (bicyclic) bond motifs is 1. The normalized spacial score (nSPS) is 15.9. The number of rotatable bonds is 5. The number of carbonyl (C=O) groups is 1. The maximum Gasteiger partial charge on any atom is 0.268 e. The first kappa shape index (κ1) is 15.1. The summed E-state index contributed by atoms with van der Waals surface area (Å²) in [6.07, 6.45) is 2.58. The van der Waals surface area contributed by atoms with E-state index in [0.717, 1.165) is 40.0 Å². The molecule has 0 saturated carbocycles. The maximum atomic E-state index is 12.4. The molecule has 0 atom stereocenters. The molecule has 1 N–H and O–H groups in total. The molecule has 0 bridgehead atoms. The van der Waals surface area contributed by atoms with Gasteiger partial charge in [-0.05, 0) is 54.9 Å². The molecule has 0 radical (unpaired) electrons. The Morgan fingerprint density at radius 2 is 2.19 bits per heavy atom. The Kier molecular flexibility index (Phi) is 4.66. The first-order valence-electron chi connectivity index (χ1n) is 7.47. The second-order valence-electron chi connectivity index (χ2n) is 5.37.